The van der Waals surface area contributed by atoms with Gasteiger partial charge in [-0.3, -0.25) is 4.79 Å². The van der Waals surface area contributed by atoms with Crippen LogP contribution in [0, 0.1) is 5.82 Å². The highest BCUT2D eigenvalue weighted by atomic mass is 32.1. The number of rotatable bonds is 4. The van der Waals surface area contributed by atoms with Crippen molar-refractivity contribution >= 4 is 17.1 Å². The number of carbonyl (C=O) groups is 1. The Morgan fingerprint density at radius 1 is 1.22 bits per heavy atom. The monoisotopic (exact) mass is 266 g/mol. The first kappa shape index (κ1) is 12.6. The van der Waals surface area contributed by atoms with Crippen molar-refractivity contribution < 1.29 is 18.7 Å². The molecule has 0 bridgehead atoms. The summed E-state index contributed by atoms with van der Waals surface area (Å²) < 4.78 is 23.3. The predicted molar refractivity (Wildman–Crippen MR) is 67.3 cm³/mol. The fourth-order valence-corrected chi connectivity index (χ4v) is 2.31. The van der Waals surface area contributed by atoms with Gasteiger partial charge in [-0.1, -0.05) is 0 Å². The molecule has 5 heteroatoms. The summed E-state index contributed by atoms with van der Waals surface area (Å²) in [6, 6.07) is 5.78. The smallest absolute Gasteiger partial charge is 0.203 e. The molecule has 0 fully saturated rings. The van der Waals surface area contributed by atoms with Crippen LogP contribution in [0.3, 0.4) is 0 Å². The summed E-state index contributed by atoms with van der Waals surface area (Å²) in [7, 11) is 2.91. The summed E-state index contributed by atoms with van der Waals surface area (Å²) in [6.45, 7) is 0. The molecule has 18 heavy (non-hydrogen) atoms. The summed E-state index contributed by atoms with van der Waals surface area (Å²) in [5.41, 5.74) is 0.290. The number of halogens is 1. The van der Waals surface area contributed by atoms with Crippen molar-refractivity contribution in [3.63, 3.8) is 0 Å². The molecule has 1 heterocycles. The normalized spacial score (nSPS) is 10.2. The number of carbonyl (C=O) groups excluding carboxylic acids is 1. The van der Waals surface area contributed by atoms with Crippen LogP contribution in [-0.4, -0.2) is 20.0 Å². The summed E-state index contributed by atoms with van der Waals surface area (Å²) in [4.78, 5) is 12.6. The van der Waals surface area contributed by atoms with Crippen LogP contribution in [0.1, 0.15) is 15.2 Å². The summed E-state index contributed by atoms with van der Waals surface area (Å²) >= 11 is 1.26. The van der Waals surface area contributed by atoms with Gasteiger partial charge in [0.15, 0.2) is 11.6 Å². The zero-order valence-electron chi connectivity index (χ0n) is 9.90. The van der Waals surface area contributed by atoms with Gasteiger partial charge in [-0.25, -0.2) is 4.39 Å². The summed E-state index contributed by atoms with van der Waals surface area (Å²) in [5.74, 6) is -0.0376. The van der Waals surface area contributed by atoms with Crippen LogP contribution in [0.4, 0.5) is 4.39 Å². The number of thiophene rings is 1. The Hall–Kier alpha value is -1.88. The third kappa shape index (κ3) is 2.36. The van der Waals surface area contributed by atoms with Gasteiger partial charge in [-0.2, -0.15) is 0 Å². The number of hydrogen-bond donors (Lipinski definition) is 0. The molecule has 0 radical (unpaired) electrons. The Labute approximate surface area is 108 Å². The van der Waals surface area contributed by atoms with Crippen molar-refractivity contribution in [3.05, 3.63) is 45.9 Å². The molecule has 2 aromatic rings. The lowest BCUT2D eigenvalue weighted by Crippen LogP contribution is -2.00. The van der Waals surface area contributed by atoms with Gasteiger partial charge in [-0.15, -0.1) is 11.3 Å². The second-order valence-corrected chi connectivity index (χ2v) is 4.44. The minimum atomic E-state index is -0.549. The van der Waals surface area contributed by atoms with E-state index in [4.69, 9.17) is 9.47 Å². The molecular formula is C13H11FO3S. The Balaban J connectivity index is 2.31. The quantitative estimate of drug-likeness (QED) is 0.797. The molecule has 0 atom stereocenters. The topological polar surface area (TPSA) is 35.5 Å². The van der Waals surface area contributed by atoms with E-state index in [1.54, 1.807) is 11.4 Å². The average Bonchev–Trinajstić information content (AvgIpc) is 2.86. The standard InChI is InChI=1S/C13H11FO3S/c1-16-9-6-12(18-7-9)13(15)8-3-4-11(17-2)10(14)5-8/h3-7H,1-2H3. The minimum Gasteiger partial charge on any atom is -0.496 e. The Morgan fingerprint density at radius 3 is 2.56 bits per heavy atom. The van der Waals surface area contributed by atoms with E-state index in [1.165, 1.54) is 43.8 Å². The van der Waals surface area contributed by atoms with Gasteiger partial charge in [0.1, 0.15) is 5.75 Å². The molecule has 3 nitrogen and oxygen atoms in total. The molecule has 2 rings (SSSR count). The molecule has 0 spiro atoms. The van der Waals surface area contributed by atoms with E-state index in [9.17, 15) is 9.18 Å². The van der Waals surface area contributed by atoms with Crippen LogP contribution in [0.25, 0.3) is 0 Å². The highest BCUT2D eigenvalue weighted by Crippen LogP contribution is 2.25. The highest BCUT2D eigenvalue weighted by molar-refractivity contribution is 7.12. The molecule has 0 N–H and O–H groups in total. The lowest BCUT2D eigenvalue weighted by Gasteiger charge is -2.03. The Kier molecular flexibility index (Phi) is 3.62. The molecule has 0 saturated carbocycles. The third-order valence-corrected chi connectivity index (χ3v) is 3.36. The van der Waals surface area contributed by atoms with Crippen molar-refractivity contribution in [1.82, 2.24) is 0 Å². The summed E-state index contributed by atoms with van der Waals surface area (Å²) in [6.07, 6.45) is 0. The minimum absolute atomic E-state index is 0.121. The lowest BCUT2D eigenvalue weighted by atomic mass is 10.1. The second-order valence-electron chi connectivity index (χ2n) is 3.53. The van der Waals surface area contributed by atoms with Crippen LogP contribution in [-0.2, 0) is 0 Å². The van der Waals surface area contributed by atoms with Gasteiger partial charge in [-0.05, 0) is 18.2 Å². The SMILES string of the molecule is COc1csc(C(=O)c2ccc(OC)c(F)c2)c1. The van der Waals surface area contributed by atoms with Gasteiger partial charge < -0.3 is 9.47 Å². The number of ether oxygens (including phenoxy) is 2. The van der Waals surface area contributed by atoms with Crippen LogP contribution < -0.4 is 9.47 Å². The van der Waals surface area contributed by atoms with E-state index in [-0.39, 0.29) is 17.1 Å². The van der Waals surface area contributed by atoms with E-state index in [2.05, 4.69) is 0 Å². The van der Waals surface area contributed by atoms with Gasteiger partial charge in [0.05, 0.1) is 19.1 Å². The van der Waals surface area contributed by atoms with E-state index in [1.807, 2.05) is 0 Å². The molecule has 0 amide bonds. The third-order valence-electron chi connectivity index (χ3n) is 2.45. The number of benzene rings is 1. The van der Waals surface area contributed by atoms with Crippen molar-refractivity contribution in [2.75, 3.05) is 14.2 Å². The van der Waals surface area contributed by atoms with E-state index >= 15 is 0 Å². The van der Waals surface area contributed by atoms with Crippen LogP contribution in [0.5, 0.6) is 11.5 Å². The van der Waals surface area contributed by atoms with E-state index in [0.29, 0.717) is 10.6 Å². The van der Waals surface area contributed by atoms with Crippen molar-refractivity contribution in [1.29, 1.82) is 0 Å². The van der Waals surface area contributed by atoms with Crippen LogP contribution in [0.2, 0.25) is 0 Å². The highest BCUT2D eigenvalue weighted by Gasteiger charge is 2.14. The maximum absolute atomic E-state index is 13.5. The predicted octanol–water partition coefficient (Wildman–Crippen LogP) is 3.14. The number of hydrogen-bond acceptors (Lipinski definition) is 4. The first-order valence-electron chi connectivity index (χ1n) is 5.16. The first-order chi connectivity index (χ1) is 8.65. The second kappa shape index (κ2) is 5.18. The van der Waals surface area contributed by atoms with Crippen molar-refractivity contribution in [3.8, 4) is 11.5 Å². The van der Waals surface area contributed by atoms with Gasteiger partial charge >= 0.3 is 0 Å². The number of ketones is 1. The average molecular weight is 266 g/mol. The molecule has 0 saturated heterocycles. The zero-order chi connectivity index (χ0) is 13.1. The molecule has 0 aliphatic carbocycles. The fourth-order valence-electron chi connectivity index (χ4n) is 1.49. The molecular weight excluding hydrogens is 255 g/mol. The van der Waals surface area contributed by atoms with Gasteiger partial charge in [0.2, 0.25) is 5.78 Å². The van der Waals surface area contributed by atoms with E-state index < -0.39 is 5.82 Å². The molecule has 0 aliphatic heterocycles. The zero-order valence-corrected chi connectivity index (χ0v) is 10.7. The fraction of sp³-hybridized carbons (Fsp3) is 0.154. The summed E-state index contributed by atoms with van der Waals surface area (Å²) in [5, 5.41) is 1.73. The van der Waals surface area contributed by atoms with Crippen molar-refractivity contribution in [2.24, 2.45) is 0 Å². The molecule has 0 aliphatic rings. The van der Waals surface area contributed by atoms with Gasteiger partial charge in [0, 0.05) is 17.0 Å². The maximum atomic E-state index is 13.5. The Morgan fingerprint density at radius 2 is 2.00 bits per heavy atom. The maximum Gasteiger partial charge on any atom is 0.203 e. The molecule has 1 aromatic carbocycles. The molecule has 0 unspecified atom stereocenters. The van der Waals surface area contributed by atoms with Gasteiger partial charge in [0.25, 0.3) is 0 Å². The molecule has 94 valence electrons. The van der Waals surface area contributed by atoms with E-state index in [0.717, 1.165) is 0 Å². The van der Waals surface area contributed by atoms with Crippen molar-refractivity contribution in [2.45, 2.75) is 0 Å². The molecule has 1 aromatic heterocycles. The lowest BCUT2D eigenvalue weighted by molar-refractivity contribution is 0.104. The first-order valence-corrected chi connectivity index (χ1v) is 6.04. The Bertz CT molecular complexity index is 577. The van der Waals surface area contributed by atoms with Crippen LogP contribution >= 0.6 is 11.3 Å². The largest absolute Gasteiger partial charge is 0.496 e. The van der Waals surface area contributed by atoms with Crippen LogP contribution in [0.15, 0.2) is 29.6 Å². The number of methoxy groups -OCH3 is 2.